The van der Waals surface area contributed by atoms with Gasteiger partial charge in [0, 0.05) is 24.7 Å². The monoisotopic (exact) mass is 409 g/mol. The first-order chi connectivity index (χ1) is 14.1. The van der Waals surface area contributed by atoms with E-state index in [1.165, 1.54) is 32.1 Å². The van der Waals surface area contributed by atoms with Crippen molar-refractivity contribution in [1.29, 1.82) is 0 Å². The van der Waals surface area contributed by atoms with Crippen molar-refractivity contribution >= 4 is 29.1 Å². The predicted octanol–water partition coefficient (Wildman–Crippen LogP) is 4.92. The van der Waals surface area contributed by atoms with E-state index in [9.17, 15) is 4.55 Å². The Balaban J connectivity index is 1.72. The highest BCUT2D eigenvalue weighted by atomic mass is 32.2. The van der Waals surface area contributed by atoms with E-state index in [0.717, 1.165) is 34.3 Å². The number of hydrogen-bond donors (Lipinski definition) is 2. The van der Waals surface area contributed by atoms with Crippen LogP contribution < -0.4 is 4.72 Å². The molecule has 1 atom stereocenters. The highest BCUT2D eigenvalue weighted by Crippen LogP contribution is 2.35. The molecule has 6 nitrogen and oxygen atoms in total. The first-order valence-electron chi connectivity index (χ1n) is 10.1. The van der Waals surface area contributed by atoms with Crippen LogP contribution >= 0.6 is 0 Å². The molecule has 1 aliphatic rings. The molecule has 29 heavy (non-hydrogen) atoms. The first kappa shape index (κ1) is 19.8. The minimum Gasteiger partial charge on any atom is -0.593 e. The summed E-state index contributed by atoms with van der Waals surface area (Å²) in [6.45, 7) is 0. The third-order valence-electron chi connectivity index (χ3n) is 5.47. The number of nitrogens with zero attached hydrogens (tertiary/aromatic N) is 3. The van der Waals surface area contributed by atoms with Crippen LogP contribution in [0.1, 0.15) is 49.5 Å². The molecule has 2 N–H and O–H groups in total. The molecule has 0 radical (unpaired) electrons. The van der Waals surface area contributed by atoms with Gasteiger partial charge in [0.1, 0.15) is 17.9 Å². The van der Waals surface area contributed by atoms with Crippen LogP contribution in [-0.4, -0.2) is 31.6 Å². The zero-order chi connectivity index (χ0) is 20.2. The smallest absolute Gasteiger partial charge is 0.129 e. The summed E-state index contributed by atoms with van der Waals surface area (Å²) >= 11 is -1.09. The van der Waals surface area contributed by atoms with E-state index in [1.54, 1.807) is 6.26 Å². The molecule has 4 rings (SSSR count). The molecule has 2 heterocycles. The molecule has 3 aromatic rings. The summed E-state index contributed by atoms with van der Waals surface area (Å²) in [5, 5.41) is 0. The highest BCUT2D eigenvalue weighted by Gasteiger charge is 2.23. The van der Waals surface area contributed by atoms with Crippen LogP contribution in [0.25, 0.3) is 11.3 Å². The van der Waals surface area contributed by atoms with Crippen LogP contribution in [0.5, 0.6) is 0 Å². The lowest BCUT2D eigenvalue weighted by Crippen LogP contribution is -2.11. The third kappa shape index (κ3) is 4.57. The Hall–Kier alpha value is -2.51. The molecule has 0 spiro atoms. The second kappa shape index (κ2) is 8.88. The van der Waals surface area contributed by atoms with Crippen molar-refractivity contribution in [3.8, 4) is 11.3 Å². The van der Waals surface area contributed by atoms with Crippen molar-refractivity contribution in [2.75, 3.05) is 11.0 Å². The third-order valence-corrected chi connectivity index (χ3v) is 5.99. The van der Waals surface area contributed by atoms with Gasteiger partial charge in [-0.1, -0.05) is 31.4 Å². The fraction of sp³-hybridized carbons (Fsp3) is 0.364. The number of rotatable bonds is 6. The maximum absolute atomic E-state index is 11.4. The van der Waals surface area contributed by atoms with E-state index in [0.29, 0.717) is 5.92 Å². The Morgan fingerprint density at radius 2 is 1.97 bits per heavy atom. The zero-order valence-electron chi connectivity index (χ0n) is 16.9. The Labute approximate surface area is 174 Å². The van der Waals surface area contributed by atoms with Crippen molar-refractivity contribution in [3.63, 3.8) is 0 Å². The van der Waals surface area contributed by atoms with Gasteiger partial charge in [-0.15, -0.1) is 0 Å². The van der Waals surface area contributed by atoms with E-state index in [1.807, 2.05) is 48.8 Å². The van der Waals surface area contributed by atoms with E-state index in [2.05, 4.69) is 26.3 Å². The summed E-state index contributed by atoms with van der Waals surface area (Å²) in [6.07, 6.45) is 11.6. The minimum atomic E-state index is -1.09. The lowest BCUT2D eigenvalue weighted by atomic mass is 9.89. The van der Waals surface area contributed by atoms with E-state index < -0.39 is 11.4 Å². The predicted molar refractivity (Wildman–Crippen MR) is 120 cm³/mol. The number of nitrogens with one attached hydrogen (secondary N) is 2. The number of benzene rings is 1. The second-order valence-electron chi connectivity index (χ2n) is 7.54. The molecule has 1 aromatic carbocycles. The molecule has 0 bridgehead atoms. The largest absolute Gasteiger partial charge is 0.593 e. The molecule has 1 fully saturated rings. The van der Waals surface area contributed by atoms with Crippen molar-refractivity contribution in [2.24, 2.45) is 12.0 Å². The average Bonchev–Trinajstić information content (AvgIpc) is 3.35. The lowest BCUT2D eigenvalue weighted by molar-refractivity contribution is 0.421. The fourth-order valence-electron chi connectivity index (χ4n) is 4.01. The minimum absolute atomic E-state index is 0.503. The van der Waals surface area contributed by atoms with Crippen LogP contribution in [0.4, 0.5) is 11.5 Å². The van der Waals surface area contributed by atoms with Gasteiger partial charge in [0.15, 0.2) is 0 Å². The summed E-state index contributed by atoms with van der Waals surface area (Å²) in [6, 6.07) is 11.8. The van der Waals surface area contributed by atoms with Gasteiger partial charge in [0.2, 0.25) is 0 Å². The SMILES string of the molecule is Cn1c(C2CCCCC2)nc(-c2ccc(N[S+](C)[O-])cc2)c1/C=N\c1ccc[nH]1. The van der Waals surface area contributed by atoms with Gasteiger partial charge in [-0.05, 0) is 37.1 Å². The molecule has 2 aromatic heterocycles. The first-order valence-corrected chi connectivity index (χ1v) is 11.6. The van der Waals surface area contributed by atoms with Gasteiger partial charge >= 0.3 is 0 Å². The number of hydrogen-bond acceptors (Lipinski definition) is 4. The number of aromatic nitrogens is 3. The Morgan fingerprint density at radius 3 is 2.62 bits per heavy atom. The summed E-state index contributed by atoms with van der Waals surface area (Å²) in [4.78, 5) is 12.8. The lowest BCUT2D eigenvalue weighted by Gasteiger charge is -2.21. The second-order valence-corrected chi connectivity index (χ2v) is 8.66. The summed E-state index contributed by atoms with van der Waals surface area (Å²) in [5.74, 6) is 2.47. The molecular formula is C22H27N5OS. The van der Waals surface area contributed by atoms with Crippen LogP contribution in [0.15, 0.2) is 47.6 Å². The number of anilines is 1. The van der Waals surface area contributed by atoms with E-state index in [4.69, 9.17) is 4.98 Å². The Morgan fingerprint density at radius 1 is 1.21 bits per heavy atom. The number of aliphatic imine (C=N–C) groups is 1. The van der Waals surface area contributed by atoms with Crippen molar-refractivity contribution in [1.82, 2.24) is 14.5 Å². The van der Waals surface area contributed by atoms with Gasteiger partial charge in [-0.25, -0.2) is 14.7 Å². The molecule has 0 saturated heterocycles. The standard InChI is InChI=1S/C22H27N5OS/c1-27-19(15-24-20-9-6-14-23-20)21(25-22(27)17-7-4-3-5-8-17)16-10-12-18(13-11-16)26-29(2)28/h6,9-15,17,23,26H,3-5,7-8H2,1-2H3/b24-15-. The average molecular weight is 410 g/mol. The number of imidazole rings is 1. The number of H-pyrrole nitrogens is 1. The fourth-order valence-corrected chi connectivity index (χ4v) is 4.48. The van der Waals surface area contributed by atoms with E-state index in [-0.39, 0.29) is 0 Å². The molecule has 1 unspecified atom stereocenters. The molecule has 1 aliphatic carbocycles. The highest BCUT2D eigenvalue weighted by molar-refractivity contribution is 7.92. The normalized spacial score (nSPS) is 16.4. The van der Waals surface area contributed by atoms with Gasteiger partial charge in [-0.2, -0.15) is 0 Å². The Bertz CT molecular complexity index is 954. The quantitative estimate of drug-likeness (QED) is 0.448. The summed E-state index contributed by atoms with van der Waals surface area (Å²) in [7, 11) is 2.09. The van der Waals surface area contributed by atoms with Crippen LogP contribution in [0.2, 0.25) is 0 Å². The van der Waals surface area contributed by atoms with Crippen LogP contribution in [0.3, 0.4) is 0 Å². The Kier molecular flexibility index (Phi) is 6.06. The molecule has 152 valence electrons. The topological polar surface area (TPSA) is 81.1 Å². The van der Waals surface area contributed by atoms with Crippen molar-refractivity contribution < 1.29 is 4.55 Å². The molecule has 1 saturated carbocycles. The maximum atomic E-state index is 11.4. The maximum Gasteiger partial charge on any atom is 0.129 e. The molecule has 0 amide bonds. The summed E-state index contributed by atoms with van der Waals surface area (Å²) in [5.41, 5.74) is 3.80. The van der Waals surface area contributed by atoms with Crippen LogP contribution in [0, 0.1) is 0 Å². The van der Waals surface area contributed by atoms with E-state index >= 15 is 0 Å². The molecule has 7 heteroatoms. The summed E-state index contributed by atoms with van der Waals surface area (Å²) < 4.78 is 16.5. The number of aromatic amines is 1. The molecule has 0 aliphatic heterocycles. The zero-order valence-corrected chi connectivity index (χ0v) is 17.7. The van der Waals surface area contributed by atoms with Gasteiger partial charge in [0.25, 0.3) is 0 Å². The van der Waals surface area contributed by atoms with Gasteiger partial charge < -0.3 is 14.1 Å². The van der Waals surface area contributed by atoms with Crippen LogP contribution in [-0.2, 0) is 18.4 Å². The molecular weight excluding hydrogens is 382 g/mol. The van der Waals surface area contributed by atoms with Crippen molar-refractivity contribution in [3.05, 3.63) is 54.1 Å². The van der Waals surface area contributed by atoms with Crippen molar-refractivity contribution in [2.45, 2.75) is 38.0 Å². The van der Waals surface area contributed by atoms with Gasteiger partial charge in [0.05, 0.1) is 34.7 Å². The van der Waals surface area contributed by atoms with Gasteiger partial charge in [-0.3, -0.25) is 0 Å².